The van der Waals surface area contributed by atoms with E-state index in [1.165, 1.54) is 3.57 Å². The minimum absolute atomic E-state index is 0.199. The van der Waals surface area contributed by atoms with Crippen LogP contribution in [0.25, 0.3) is 0 Å². The summed E-state index contributed by atoms with van der Waals surface area (Å²) in [6.45, 7) is 5.13. The van der Waals surface area contributed by atoms with Crippen LogP contribution >= 0.6 is 34.2 Å². The number of hydrogen-bond acceptors (Lipinski definition) is 2. The van der Waals surface area contributed by atoms with Gasteiger partial charge in [-0.15, -0.1) is 11.6 Å². The molecule has 0 fully saturated rings. The average Bonchev–Trinajstić information content (AvgIpc) is 2.49. The van der Waals surface area contributed by atoms with E-state index in [2.05, 4.69) is 34.7 Å². The molecule has 0 spiro atoms. The molecule has 1 unspecified atom stereocenters. The normalized spacial score (nSPS) is 12.0. The van der Waals surface area contributed by atoms with Gasteiger partial charge >= 0.3 is 0 Å². The highest BCUT2D eigenvalue weighted by atomic mass is 127. The van der Waals surface area contributed by atoms with Crippen LogP contribution in [0.2, 0.25) is 0 Å². The number of halogens is 2. The molecule has 0 saturated carbocycles. The lowest BCUT2D eigenvalue weighted by Gasteiger charge is -2.15. The molecule has 112 valence electrons. The topological polar surface area (TPSA) is 18.5 Å². The van der Waals surface area contributed by atoms with Crippen LogP contribution in [0.15, 0.2) is 42.5 Å². The zero-order valence-corrected chi connectivity index (χ0v) is 15.0. The molecule has 2 aromatic rings. The van der Waals surface area contributed by atoms with Crippen molar-refractivity contribution in [3.8, 4) is 11.5 Å². The Morgan fingerprint density at radius 2 is 1.62 bits per heavy atom. The largest absolute Gasteiger partial charge is 0.490 e. The molecule has 0 heterocycles. The Hall–Kier alpha value is -0.940. The van der Waals surface area contributed by atoms with E-state index in [1.807, 2.05) is 44.2 Å². The maximum Gasteiger partial charge on any atom is 0.161 e. The molecule has 1 atom stereocenters. The van der Waals surface area contributed by atoms with E-state index in [9.17, 15) is 0 Å². The second kappa shape index (κ2) is 7.90. The van der Waals surface area contributed by atoms with E-state index in [1.54, 1.807) is 0 Å². The van der Waals surface area contributed by atoms with E-state index in [-0.39, 0.29) is 5.38 Å². The predicted molar refractivity (Wildman–Crippen MR) is 95.6 cm³/mol. The molecule has 2 nitrogen and oxygen atoms in total. The summed E-state index contributed by atoms with van der Waals surface area (Å²) < 4.78 is 12.4. The second-order valence-electron chi connectivity index (χ2n) is 4.49. The van der Waals surface area contributed by atoms with Crippen molar-refractivity contribution in [2.24, 2.45) is 0 Å². The van der Waals surface area contributed by atoms with Crippen molar-refractivity contribution in [2.45, 2.75) is 19.2 Å². The van der Waals surface area contributed by atoms with E-state index in [4.69, 9.17) is 21.1 Å². The maximum atomic E-state index is 6.61. The molecule has 21 heavy (non-hydrogen) atoms. The number of hydrogen-bond donors (Lipinski definition) is 0. The van der Waals surface area contributed by atoms with Crippen molar-refractivity contribution in [1.29, 1.82) is 0 Å². The highest BCUT2D eigenvalue weighted by Gasteiger charge is 2.14. The standard InChI is InChI=1S/C17H18ClIO2/c1-3-20-15-9-8-13(11-16(15)21-4-2)17(18)12-6-5-7-14(19)10-12/h5-11,17H,3-4H2,1-2H3. The number of alkyl halides is 1. The van der Waals surface area contributed by atoms with Crippen molar-refractivity contribution in [3.63, 3.8) is 0 Å². The van der Waals surface area contributed by atoms with Gasteiger partial charge in [-0.25, -0.2) is 0 Å². The van der Waals surface area contributed by atoms with E-state index in [0.29, 0.717) is 13.2 Å². The summed E-state index contributed by atoms with van der Waals surface area (Å²) in [5, 5.41) is -0.199. The van der Waals surface area contributed by atoms with Crippen molar-refractivity contribution in [1.82, 2.24) is 0 Å². The smallest absolute Gasteiger partial charge is 0.161 e. The summed E-state index contributed by atoms with van der Waals surface area (Å²) in [6, 6.07) is 14.1. The Kier molecular flexibility index (Phi) is 6.18. The Morgan fingerprint density at radius 1 is 0.952 bits per heavy atom. The van der Waals surface area contributed by atoms with Crippen molar-refractivity contribution in [3.05, 3.63) is 57.2 Å². The molecule has 0 amide bonds. The van der Waals surface area contributed by atoms with E-state index >= 15 is 0 Å². The first-order valence-electron chi connectivity index (χ1n) is 6.94. The summed E-state index contributed by atoms with van der Waals surface area (Å²) in [7, 11) is 0. The first kappa shape index (κ1) is 16.4. The molecule has 0 aliphatic carbocycles. The second-order valence-corrected chi connectivity index (χ2v) is 6.17. The fourth-order valence-corrected chi connectivity index (χ4v) is 2.92. The quantitative estimate of drug-likeness (QED) is 0.462. The van der Waals surface area contributed by atoms with Crippen LogP contribution < -0.4 is 9.47 Å². The fraction of sp³-hybridized carbons (Fsp3) is 0.294. The Morgan fingerprint density at radius 3 is 2.29 bits per heavy atom. The summed E-state index contributed by atoms with van der Waals surface area (Å²) in [4.78, 5) is 0. The molecule has 4 heteroatoms. The number of benzene rings is 2. The molecule has 0 aromatic heterocycles. The van der Waals surface area contributed by atoms with Gasteiger partial charge in [-0.1, -0.05) is 18.2 Å². The van der Waals surface area contributed by atoms with Crippen molar-refractivity contribution >= 4 is 34.2 Å². The Bertz CT molecular complexity index is 601. The van der Waals surface area contributed by atoms with Gasteiger partial charge in [-0.05, 0) is 71.8 Å². The molecule has 2 rings (SSSR count). The Labute approximate surface area is 144 Å². The van der Waals surface area contributed by atoms with Gasteiger partial charge in [0.05, 0.1) is 18.6 Å². The third-order valence-corrected chi connectivity index (χ3v) is 4.18. The number of rotatable bonds is 6. The maximum absolute atomic E-state index is 6.61. The third kappa shape index (κ3) is 4.27. The molecular weight excluding hydrogens is 399 g/mol. The molecule has 0 bridgehead atoms. The van der Waals surface area contributed by atoms with Crippen LogP contribution in [0, 0.1) is 3.57 Å². The van der Waals surface area contributed by atoms with Crippen LogP contribution in [0.1, 0.15) is 30.4 Å². The zero-order chi connectivity index (χ0) is 15.2. The van der Waals surface area contributed by atoms with Gasteiger partial charge in [0.2, 0.25) is 0 Å². The first-order valence-corrected chi connectivity index (χ1v) is 8.46. The van der Waals surface area contributed by atoms with Gasteiger partial charge in [-0.3, -0.25) is 0 Å². The molecule has 0 N–H and O–H groups in total. The Balaban J connectivity index is 2.32. The van der Waals surface area contributed by atoms with Gasteiger partial charge in [0.25, 0.3) is 0 Å². The SMILES string of the molecule is CCOc1ccc(C(Cl)c2cccc(I)c2)cc1OCC. The predicted octanol–water partition coefficient (Wildman–Crippen LogP) is 5.42. The summed E-state index contributed by atoms with van der Waals surface area (Å²) in [5.41, 5.74) is 2.08. The van der Waals surface area contributed by atoms with Crippen LogP contribution in [-0.2, 0) is 0 Å². The van der Waals surface area contributed by atoms with Gasteiger partial charge in [0.1, 0.15) is 0 Å². The van der Waals surface area contributed by atoms with Crippen LogP contribution in [-0.4, -0.2) is 13.2 Å². The lowest BCUT2D eigenvalue weighted by Crippen LogP contribution is -2.01. The van der Waals surface area contributed by atoms with Gasteiger partial charge in [0.15, 0.2) is 11.5 Å². The lowest BCUT2D eigenvalue weighted by atomic mass is 10.0. The number of ether oxygens (including phenoxy) is 2. The summed E-state index contributed by atoms with van der Waals surface area (Å²) >= 11 is 8.90. The molecule has 0 aliphatic heterocycles. The van der Waals surface area contributed by atoms with Crippen LogP contribution in [0.3, 0.4) is 0 Å². The van der Waals surface area contributed by atoms with Gasteiger partial charge < -0.3 is 9.47 Å². The van der Waals surface area contributed by atoms with Crippen molar-refractivity contribution < 1.29 is 9.47 Å². The molecule has 2 aromatic carbocycles. The minimum atomic E-state index is -0.199. The zero-order valence-electron chi connectivity index (χ0n) is 12.1. The lowest BCUT2D eigenvalue weighted by molar-refractivity contribution is 0.287. The summed E-state index contributed by atoms with van der Waals surface area (Å²) in [6.07, 6.45) is 0. The van der Waals surface area contributed by atoms with E-state index in [0.717, 1.165) is 22.6 Å². The van der Waals surface area contributed by atoms with E-state index < -0.39 is 0 Å². The molecule has 0 saturated heterocycles. The monoisotopic (exact) mass is 416 g/mol. The fourth-order valence-electron chi connectivity index (χ4n) is 2.08. The van der Waals surface area contributed by atoms with Crippen LogP contribution in [0.4, 0.5) is 0 Å². The van der Waals surface area contributed by atoms with Gasteiger partial charge in [-0.2, -0.15) is 0 Å². The highest BCUT2D eigenvalue weighted by molar-refractivity contribution is 14.1. The van der Waals surface area contributed by atoms with Crippen LogP contribution in [0.5, 0.6) is 11.5 Å². The molecule has 0 aliphatic rings. The average molecular weight is 417 g/mol. The van der Waals surface area contributed by atoms with Crippen molar-refractivity contribution in [2.75, 3.05) is 13.2 Å². The first-order chi connectivity index (χ1) is 10.2. The molecular formula is C17H18ClIO2. The highest BCUT2D eigenvalue weighted by Crippen LogP contribution is 2.36. The summed E-state index contributed by atoms with van der Waals surface area (Å²) in [5.74, 6) is 1.50. The third-order valence-electron chi connectivity index (χ3n) is 3.00. The molecule has 0 radical (unpaired) electrons. The minimum Gasteiger partial charge on any atom is -0.490 e. The van der Waals surface area contributed by atoms with Gasteiger partial charge in [0, 0.05) is 3.57 Å².